The second-order valence-corrected chi connectivity index (χ2v) is 4.28. The second kappa shape index (κ2) is 6.45. The van der Waals surface area contributed by atoms with Gasteiger partial charge in [-0.3, -0.25) is 9.69 Å². The fraction of sp³-hybridized carbons (Fsp3) is 0.615. The number of aryl methyl sites for hydroxylation is 1. The van der Waals surface area contributed by atoms with E-state index in [9.17, 15) is 4.79 Å². The Labute approximate surface area is 102 Å². The maximum Gasteiger partial charge on any atom is 0.317 e. The maximum absolute atomic E-state index is 10.8. The van der Waals surface area contributed by atoms with Gasteiger partial charge in [-0.2, -0.15) is 0 Å². The number of furan rings is 1. The van der Waals surface area contributed by atoms with Crippen LogP contribution in [0.2, 0.25) is 0 Å². The van der Waals surface area contributed by atoms with Crippen LogP contribution in [0.25, 0.3) is 0 Å². The minimum Gasteiger partial charge on any atom is -0.480 e. The quantitative estimate of drug-likeness (QED) is 0.794. The van der Waals surface area contributed by atoms with E-state index in [4.69, 9.17) is 9.52 Å². The van der Waals surface area contributed by atoms with E-state index in [2.05, 4.69) is 6.92 Å². The zero-order valence-corrected chi connectivity index (χ0v) is 10.8. The lowest BCUT2D eigenvalue weighted by Crippen LogP contribution is -2.36. The Hall–Kier alpha value is -1.29. The zero-order chi connectivity index (χ0) is 12.8. The molecular weight excluding hydrogens is 218 g/mol. The summed E-state index contributed by atoms with van der Waals surface area (Å²) >= 11 is 0. The van der Waals surface area contributed by atoms with Crippen molar-refractivity contribution in [1.82, 2.24) is 4.90 Å². The van der Waals surface area contributed by atoms with Crippen LogP contribution < -0.4 is 0 Å². The van der Waals surface area contributed by atoms with Crippen LogP contribution in [0.15, 0.2) is 16.5 Å². The van der Waals surface area contributed by atoms with Gasteiger partial charge in [-0.15, -0.1) is 0 Å². The first kappa shape index (κ1) is 13.8. The number of rotatable bonds is 7. The maximum atomic E-state index is 10.8. The first-order valence-corrected chi connectivity index (χ1v) is 6.10. The van der Waals surface area contributed by atoms with Gasteiger partial charge >= 0.3 is 5.97 Å². The first-order chi connectivity index (χ1) is 8.06. The van der Waals surface area contributed by atoms with Crippen molar-refractivity contribution in [1.29, 1.82) is 0 Å². The Morgan fingerprint density at radius 1 is 1.41 bits per heavy atom. The van der Waals surface area contributed by atoms with Crippen molar-refractivity contribution >= 4 is 5.97 Å². The molecule has 4 heteroatoms. The molecule has 0 spiro atoms. The summed E-state index contributed by atoms with van der Waals surface area (Å²) in [6.45, 7) is 6.73. The van der Waals surface area contributed by atoms with Gasteiger partial charge in [-0.1, -0.05) is 13.8 Å². The summed E-state index contributed by atoms with van der Waals surface area (Å²) in [6.07, 6.45) is 1.79. The molecule has 1 heterocycles. The summed E-state index contributed by atoms with van der Waals surface area (Å²) in [5, 5.41) is 8.89. The molecule has 17 heavy (non-hydrogen) atoms. The molecule has 1 aromatic heterocycles. The highest BCUT2D eigenvalue weighted by Crippen LogP contribution is 2.14. The van der Waals surface area contributed by atoms with Crippen molar-refractivity contribution in [2.45, 2.75) is 46.2 Å². The first-order valence-electron chi connectivity index (χ1n) is 6.10. The third-order valence-corrected chi connectivity index (χ3v) is 2.98. The van der Waals surface area contributed by atoms with E-state index in [0.717, 1.165) is 24.4 Å². The number of carboxylic acid groups (broad SMARTS) is 1. The summed E-state index contributed by atoms with van der Waals surface area (Å²) in [7, 11) is 0. The monoisotopic (exact) mass is 239 g/mol. The number of aliphatic carboxylic acids is 1. The molecule has 1 N–H and O–H groups in total. The third kappa shape index (κ3) is 4.23. The van der Waals surface area contributed by atoms with Crippen LogP contribution in [-0.2, 0) is 17.8 Å². The van der Waals surface area contributed by atoms with Gasteiger partial charge in [0, 0.05) is 12.5 Å². The van der Waals surface area contributed by atoms with Crippen molar-refractivity contribution in [2.75, 3.05) is 6.54 Å². The normalized spacial score (nSPS) is 12.9. The van der Waals surface area contributed by atoms with Gasteiger partial charge in [0.05, 0.1) is 13.1 Å². The minimum atomic E-state index is -0.799. The highest BCUT2D eigenvalue weighted by Gasteiger charge is 2.17. The van der Waals surface area contributed by atoms with Gasteiger partial charge in [-0.25, -0.2) is 0 Å². The van der Waals surface area contributed by atoms with Crippen molar-refractivity contribution in [2.24, 2.45) is 0 Å². The number of carboxylic acids is 1. The fourth-order valence-corrected chi connectivity index (χ4v) is 1.70. The van der Waals surface area contributed by atoms with E-state index >= 15 is 0 Å². The van der Waals surface area contributed by atoms with Crippen LogP contribution in [0.3, 0.4) is 0 Å². The molecular formula is C13H21NO3. The smallest absolute Gasteiger partial charge is 0.317 e. The molecule has 0 saturated heterocycles. The molecule has 0 bridgehead atoms. The largest absolute Gasteiger partial charge is 0.480 e. The van der Waals surface area contributed by atoms with Gasteiger partial charge < -0.3 is 9.52 Å². The summed E-state index contributed by atoms with van der Waals surface area (Å²) in [6, 6.07) is 4.11. The average molecular weight is 239 g/mol. The topological polar surface area (TPSA) is 53.7 Å². The average Bonchev–Trinajstić information content (AvgIpc) is 2.74. The molecule has 0 radical (unpaired) electrons. The molecule has 0 amide bonds. The van der Waals surface area contributed by atoms with Gasteiger partial charge in [0.1, 0.15) is 11.5 Å². The standard InChI is InChI=1S/C13H21NO3/c1-4-10(3)14(9-13(15)16)8-12-7-6-11(5-2)17-12/h6-7,10H,4-5,8-9H2,1-3H3,(H,15,16). The zero-order valence-electron chi connectivity index (χ0n) is 10.8. The molecule has 4 nitrogen and oxygen atoms in total. The van der Waals surface area contributed by atoms with E-state index in [0.29, 0.717) is 6.54 Å². The Balaban J connectivity index is 2.67. The third-order valence-electron chi connectivity index (χ3n) is 2.98. The second-order valence-electron chi connectivity index (χ2n) is 4.28. The predicted molar refractivity (Wildman–Crippen MR) is 65.9 cm³/mol. The molecule has 0 fully saturated rings. The van der Waals surface area contributed by atoms with Crippen molar-refractivity contribution in [3.05, 3.63) is 23.7 Å². The van der Waals surface area contributed by atoms with E-state index in [1.165, 1.54) is 0 Å². The van der Waals surface area contributed by atoms with Gasteiger partial charge in [0.25, 0.3) is 0 Å². The molecule has 1 unspecified atom stereocenters. The van der Waals surface area contributed by atoms with Gasteiger partial charge in [0.2, 0.25) is 0 Å². The van der Waals surface area contributed by atoms with Crippen molar-refractivity contribution < 1.29 is 14.3 Å². The van der Waals surface area contributed by atoms with Gasteiger partial charge in [0.15, 0.2) is 0 Å². The van der Waals surface area contributed by atoms with E-state index in [1.54, 1.807) is 0 Å². The molecule has 1 atom stereocenters. The molecule has 0 aromatic carbocycles. The lowest BCUT2D eigenvalue weighted by molar-refractivity contribution is -0.139. The highest BCUT2D eigenvalue weighted by molar-refractivity contribution is 5.69. The van der Waals surface area contributed by atoms with E-state index < -0.39 is 5.97 Å². The minimum absolute atomic E-state index is 0.0527. The van der Waals surface area contributed by atoms with Crippen LogP contribution in [0, 0.1) is 0 Å². The summed E-state index contributed by atoms with van der Waals surface area (Å²) < 4.78 is 5.60. The SMILES string of the molecule is CCc1ccc(CN(CC(=O)O)C(C)CC)o1. The van der Waals surface area contributed by atoms with Gasteiger partial charge in [-0.05, 0) is 25.5 Å². The molecule has 0 aliphatic heterocycles. The lowest BCUT2D eigenvalue weighted by atomic mass is 10.2. The number of nitrogens with zero attached hydrogens (tertiary/aromatic N) is 1. The van der Waals surface area contributed by atoms with Crippen LogP contribution in [-0.4, -0.2) is 28.6 Å². The van der Waals surface area contributed by atoms with E-state index in [1.807, 2.05) is 30.9 Å². The molecule has 1 rings (SSSR count). The van der Waals surface area contributed by atoms with Crippen LogP contribution >= 0.6 is 0 Å². The lowest BCUT2D eigenvalue weighted by Gasteiger charge is -2.25. The molecule has 0 aliphatic rings. The summed E-state index contributed by atoms with van der Waals surface area (Å²) in [5.41, 5.74) is 0. The number of hydrogen-bond donors (Lipinski definition) is 1. The van der Waals surface area contributed by atoms with Crippen LogP contribution in [0.1, 0.15) is 38.7 Å². The molecule has 0 saturated carbocycles. The Morgan fingerprint density at radius 3 is 2.53 bits per heavy atom. The number of hydrogen-bond acceptors (Lipinski definition) is 3. The Kier molecular flexibility index (Phi) is 5.22. The van der Waals surface area contributed by atoms with Crippen LogP contribution in [0.5, 0.6) is 0 Å². The number of carbonyl (C=O) groups is 1. The summed E-state index contributed by atoms with van der Waals surface area (Å²) in [4.78, 5) is 12.7. The molecule has 1 aromatic rings. The Bertz CT molecular complexity index is 359. The Morgan fingerprint density at radius 2 is 2.06 bits per heavy atom. The molecule has 0 aliphatic carbocycles. The van der Waals surface area contributed by atoms with Crippen LogP contribution in [0.4, 0.5) is 0 Å². The fourth-order valence-electron chi connectivity index (χ4n) is 1.70. The van der Waals surface area contributed by atoms with Crippen molar-refractivity contribution in [3.8, 4) is 0 Å². The highest BCUT2D eigenvalue weighted by atomic mass is 16.4. The predicted octanol–water partition coefficient (Wildman–Crippen LogP) is 2.53. The molecule has 96 valence electrons. The van der Waals surface area contributed by atoms with E-state index in [-0.39, 0.29) is 12.6 Å². The van der Waals surface area contributed by atoms with Crippen molar-refractivity contribution in [3.63, 3.8) is 0 Å². The summed E-state index contributed by atoms with van der Waals surface area (Å²) in [5.74, 6) is 0.982.